The lowest BCUT2D eigenvalue weighted by Gasteiger charge is -2.09. The zero-order chi connectivity index (χ0) is 17.6. The van der Waals surface area contributed by atoms with Crippen LogP contribution in [0.25, 0.3) is 11.6 Å². The fourth-order valence-electron chi connectivity index (χ4n) is 3.00. The van der Waals surface area contributed by atoms with Gasteiger partial charge >= 0.3 is 5.97 Å². The smallest absolute Gasteiger partial charge is 0.338 e. The molecule has 2 aromatic carbocycles. The van der Waals surface area contributed by atoms with Crippen LogP contribution in [0.3, 0.4) is 0 Å². The molecular weight excluding hydrogens is 328 g/mol. The SMILES string of the molecule is CCOC(=O)c1ccc(C=C(C)c2ccc3c(c2)SCCCC3)cc1. The first-order valence-electron chi connectivity index (χ1n) is 8.89. The average Bonchev–Trinajstić information content (AvgIpc) is 2.87. The predicted molar refractivity (Wildman–Crippen MR) is 106 cm³/mol. The minimum atomic E-state index is -0.266. The Balaban J connectivity index is 1.79. The van der Waals surface area contributed by atoms with Gasteiger partial charge in [0.05, 0.1) is 12.2 Å². The Morgan fingerprint density at radius 3 is 2.64 bits per heavy atom. The maximum atomic E-state index is 11.7. The molecule has 0 radical (unpaired) electrons. The van der Waals surface area contributed by atoms with Crippen LogP contribution < -0.4 is 0 Å². The number of thioether (sulfide) groups is 1. The number of hydrogen-bond acceptors (Lipinski definition) is 3. The van der Waals surface area contributed by atoms with Crippen LogP contribution in [0.2, 0.25) is 0 Å². The number of ether oxygens (including phenoxy) is 1. The van der Waals surface area contributed by atoms with E-state index in [1.54, 1.807) is 0 Å². The Morgan fingerprint density at radius 2 is 1.88 bits per heavy atom. The van der Waals surface area contributed by atoms with E-state index in [1.165, 1.54) is 46.6 Å². The van der Waals surface area contributed by atoms with Gasteiger partial charge in [0, 0.05) is 4.90 Å². The number of carbonyl (C=O) groups is 1. The highest BCUT2D eigenvalue weighted by atomic mass is 32.2. The lowest BCUT2D eigenvalue weighted by atomic mass is 10.0. The van der Waals surface area contributed by atoms with Crippen molar-refractivity contribution < 1.29 is 9.53 Å². The number of carbonyl (C=O) groups excluding carboxylic acids is 1. The van der Waals surface area contributed by atoms with Crippen LogP contribution in [0.1, 0.15) is 53.7 Å². The van der Waals surface area contributed by atoms with Gasteiger partial charge in [-0.2, -0.15) is 0 Å². The number of aryl methyl sites for hydroxylation is 1. The molecule has 25 heavy (non-hydrogen) atoms. The fourth-order valence-corrected chi connectivity index (χ4v) is 4.14. The minimum absolute atomic E-state index is 0.266. The maximum absolute atomic E-state index is 11.7. The summed E-state index contributed by atoms with van der Waals surface area (Å²) in [4.78, 5) is 13.2. The summed E-state index contributed by atoms with van der Waals surface area (Å²) in [6, 6.07) is 14.4. The maximum Gasteiger partial charge on any atom is 0.338 e. The summed E-state index contributed by atoms with van der Waals surface area (Å²) in [5, 5.41) is 0. The van der Waals surface area contributed by atoms with Crippen LogP contribution in [0.5, 0.6) is 0 Å². The topological polar surface area (TPSA) is 26.3 Å². The molecule has 0 aromatic heterocycles. The zero-order valence-electron chi connectivity index (χ0n) is 14.9. The van der Waals surface area contributed by atoms with E-state index in [1.807, 2.05) is 43.0 Å². The third kappa shape index (κ3) is 4.55. The standard InChI is InChI=1S/C22H24O2S/c1-3-24-22(23)19-9-7-17(8-10-19)14-16(2)20-12-11-18-6-4-5-13-25-21(18)15-20/h7-12,14-15H,3-6,13H2,1-2H3. The third-order valence-electron chi connectivity index (χ3n) is 4.43. The summed E-state index contributed by atoms with van der Waals surface area (Å²) in [5.74, 6) is 0.951. The molecule has 0 bridgehead atoms. The van der Waals surface area contributed by atoms with E-state index in [0.29, 0.717) is 12.2 Å². The summed E-state index contributed by atoms with van der Waals surface area (Å²) in [6.45, 7) is 4.36. The summed E-state index contributed by atoms with van der Waals surface area (Å²) < 4.78 is 5.02. The van der Waals surface area contributed by atoms with Crippen LogP contribution >= 0.6 is 11.8 Å². The van der Waals surface area contributed by atoms with Crippen molar-refractivity contribution in [1.29, 1.82) is 0 Å². The molecule has 0 unspecified atom stereocenters. The van der Waals surface area contributed by atoms with Crippen molar-refractivity contribution >= 4 is 29.4 Å². The predicted octanol–water partition coefficient (Wildman–Crippen LogP) is 5.85. The van der Waals surface area contributed by atoms with Crippen LogP contribution in [0, 0.1) is 0 Å². The molecule has 0 fully saturated rings. The van der Waals surface area contributed by atoms with Crippen molar-refractivity contribution in [1.82, 2.24) is 0 Å². The average molecular weight is 352 g/mol. The Morgan fingerprint density at radius 1 is 1.12 bits per heavy atom. The highest BCUT2D eigenvalue weighted by Gasteiger charge is 2.10. The molecule has 130 valence electrons. The van der Waals surface area contributed by atoms with Crippen molar-refractivity contribution in [2.75, 3.05) is 12.4 Å². The lowest BCUT2D eigenvalue weighted by Crippen LogP contribution is -2.03. The second kappa shape index (κ2) is 8.39. The van der Waals surface area contributed by atoms with E-state index >= 15 is 0 Å². The number of benzene rings is 2. The highest BCUT2D eigenvalue weighted by Crippen LogP contribution is 2.32. The van der Waals surface area contributed by atoms with E-state index in [2.05, 4.69) is 31.2 Å². The van der Waals surface area contributed by atoms with Crippen LogP contribution in [-0.2, 0) is 11.2 Å². The molecule has 0 aliphatic carbocycles. The quantitative estimate of drug-likeness (QED) is 0.510. The molecule has 1 aliphatic heterocycles. The summed E-state index contributed by atoms with van der Waals surface area (Å²) >= 11 is 1.98. The molecule has 0 amide bonds. The van der Waals surface area contributed by atoms with Gasteiger partial charge in [0.2, 0.25) is 0 Å². The van der Waals surface area contributed by atoms with Crippen LogP contribution in [-0.4, -0.2) is 18.3 Å². The second-order valence-corrected chi connectivity index (χ2v) is 7.43. The number of rotatable bonds is 4. The largest absolute Gasteiger partial charge is 0.462 e. The van der Waals surface area contributed by atoms with Crippen LogP contribution in [0.15, 0.2) is 47.4 Å². The van der Waals surface area contributed by atoms with Gasteiger partial charge in [-0.3, -0.25) is 0 Å². The molecule has 0 saturated carbocycles. The van der Waals surface area contributed by atoms with Gasteiger partial charge in [0.1, 0.15) is 0 Å². The molecule has 2 aromatic rings. The van der Waals surface area contributed by atoms with E-state index in [9.17, 15) is 4.79 Å². The summed E-state index contributed by atoms with van der Waals surface area (Å²) in [7, 11) is 0. The number of fused-ring (bicyclic) bond motifs is 1. The first-order valence-corrected chi connectivity index (χ1v) is 9.87. The molecule has 0 spiro atoms. The molecule has 1 heterocycles. The summed E-state index contributed by atoms with van der Waals surface area (Å²) in [5.41, 5.74) is 5.67. The van der Waals surface area contributed by atoms with Crippen molar-refractivity contribution in [3.8, 4) is 0 Å². The van der Waals surface area contributed by atoms with E-state index in [0.717, 1.165) is 5.56 Å². The molecule has 3 rings (SSSR count). The Kier molecular flexibility index (Phi) is 5.98. The molecule has 0 N–H and O–H groups in total. The molecule has 0 saturated heterocycles. The van der Waals surface area contributed by atoms with Gasteiger partial charge in [-0.05, 0) is 79.3 Å². The van der Waals surface area contributed by atoms with Gasteiger partial charge < -0.3 is 4.74 Å². The normalized spacial score (nSPS) is 14.6. The number of allylic oxidation sites excluding steroid dienone is 1. The van der Waals surface area contributed by atoms with Gasteiger partial charge in [-0.25, -0.2) is 4.79 Å². The monoisotopic (exact) mass is 352 g/mol. The Hall–Kier alpha value is -2.00. The van der Waals surface area contributed by atoms with Gasteiger partial charge in [0.15, 0.2) is 0 Å². The van der Waals surface area contributed by atoms with Gasteiger partial charge in [-0.1, -0.05) is 30.3 Å². The Labute approximate surface area is 154 Å². The van der Waals surface area contributed by atoms with E-state index in [-0.39, 0.29) is 5.97 Å². The van der Waals surface area contributed by atoms with Crippen molar-refractivity contribution in [2.24, 2.45) is 0 Å². The zero-order valence-corrected chi connectivity index (χ0v) is 15.7. The molecule has 2 nitrogen and oxygen atoms in total. The minimum Gasteiger partial charge on any atom is -0.462 e. The van der Waals surface area contributed by atoms with Gasteiger partial charge in [0.25, 0.3) is 0 Å². The number of esters is 1. The summed E-state index contributed by atoms with van der Waals surface area (Å²) in [6.07, 6.45) is 5.95. The van der Waals surface area contributed by atoms with Crippen molar-refractivity contribution in [3.05, 3.63) is 64.7 Å². The number of hydrogen-bond donors (Lipinski definition) is 0. The second-order valence-electron chi connectivity index (χ2n) is 6.30. The molecule has 1 aliphatic rings. The van der Waals surface area contributed by atoms with E-state index in [4.69, 9.17) is 4.74 Å². The van der Waals surface area contributed by atoms with E-state index < -0.39 is 0 Å². The molecule has 0 atom stereocenters. The van der Waals surface area contributed by atoms with Crippen LogP contribution in [0.4, 0.5) is 0 Å². The lowest BCUT2D eigenvalue weighted by molar-refractivity contribution is 0.0526. The third-order valence-corrected chi connectivity index (χ3v) is 5.61. The van der Waals surface area contributed by atoms with Gasteiger partial charge in [-0.15, -0.1) is 11.8 Å². The Bertz CT molecular complexity index is 775. The highest BCUT2D eigenvalue weighted by molar-refractivity contribution is 7.99. The molecular formula is C22H24O2S. The van der Waals surface area contributed by atoms with Crippen molar-refractivity contribution in [3.63, 3.8) is 0 Å². The fraction of sp³-hybridized carbons (Fsp3) is 0.318. The first kappa shape index (κ1) is 17.8. The first-order chi connectivity index (χ1) is 12.2. The molecule has 3 heteroatoms. The van der Waals surface area contributed by atoms with Crippen molar-refractivity contribution in [2.45, 2.75) is 38.0 Å².